The zero-order valence-corrected chi connectivity index (χ0v) is 31.9. The maximum atomic E-state index is 5.41. The zero-order chi connectivity index (χ0) is 37.2. The number of nitrogens with zero attached hydrogens (tertiary/aromatic N) is 4. The van der Waals surface area contributed by atoms with Gasteiger partial charge in [0.1, 0.15) is 0 Å². The van der Waals surface area contributed by atoms with Crippen molar-refractivity contribution in [1.29, 1.82) is 0 Å². The molecule has 0 bridgehead atoms. The Labute approximate surface area is 333 Å². The van der Waals surface area contributed by atoms with E-state index in [1.165, 1.54) is 67.5 Å². The summed E-state index contributed by atoms with van der Waals surface area (Å²) in [5.74, 6) is 1.94. The first kappa shape index (κ1) is 31.2. The van der Waals surface area contributed by atoms with Gasteiger partial charge in [-0.1, -0.05) is 115 Å². The molecule has 4 nitrogen and oxygen atoms in total. The predicted octanol–water partition coefficient (Wildman–Crippen LogP) is 14.4. The molecule has 0 amide bonds. The molecule has 264 valence electrons. The standard InChI is InChI=1S/C51H28N4S2/c1-2-11-29(12-3-1)30-13-8-14-31(27-30)49-52-50(32-23-25-42-38(28-32)34-16-5-7-21-41(34)56-42)54-51(53-49)37-18-9-20-40-45(37)36-17-10-22-43-46(36)47-44(57-43)26-24-35-33-15-4-6-19-39(33)55(40)48(35)47/h1-28H. The van der Waals surface area contributed by atoms with Gasteiger partial charge in [0.15, 0.2) is 17.5 Å². The Kier molecular flexibility index (Phi) is 6.45. The smallest absolute Gasteiger partial charge is 0.164 e. The minimum atomic E-state index is 0.641. The van der Waals surface area contributed by atoms with Gasteiger partial charge < -0.3 is 4.40 Å². The van der Waals surface area contributed by atoms with Crippen LogP contribution in [-0.2, 0) is 0 Å². The number of fused-ring (bicyclic) bond motifs is 9. The third-order valence-corrected chi connectivity index (χ3v) is 13.9. The lowest BCUT2D eigenvalue weighted by atomic mass is 10.00. The number of benzene rings is 8. The molecule has 0 atom stereocenters. The lowest BCUT2D eigenvalue weighted by Crippen LogP contribution is -2.01. The SMILES string of the molecule is c1ccc(-c2cccc(-c3nc(-c4ccc5sc6ccccc6c5c4)nc(-c4cccc5c4c4cccc6sc7ccc8c9ccccc9n5c8c7c64)n3)c2)cc1. The van der Waals surface area contributed by atoms with Gasteiger partial charge in [-0.3, -0.25) is 0 Å². The van der Waals surface area contributed by atoms with Crippen LogP contribution in [-0.4, -0.2) is 19.4 Å². The van der Waals surface area contributed by atoms with Crippen LogP contribution in [0.5, 0.6) is 0 Å². The monoisotopic (exact) mass is 760 g/mol. The Morgan fingerprint density at radius 1 is 0.333 bits per heavy atom. The normalized spacial score (nSPS) is 12.2. The fourth-order valence-electron chi connectivity index (χ4n) is 9.10. The summed E-state index contributed by atoms with van der Waals surface area (Å²) < 4.78 is 7.58. The highest BCUT2D eigenvalue weighted by molar-refractivity contribution is 7.26. The van der Waals surface area contributed by atoms with Crippen molar-refractivity contribution < 1.29 is 0 Å². The van der Waals surface area contributed by atoms with Crippen LogP contribution in [0.3, 0.4) is 0 Å². The molecule has 5 heterocycles. The average Bonchev–Trinajstić information content (AvgIpc) is 3.93. The van der Waals surface area contributed by atoms with Gasteiger partial charge in [-0.05, 0) is 71.1 Å². The minimum Gasteiger partial charge on any atom is -0.308 e. The van der Waals surface area contributed by atoms with E-state index in [1.54, 1.807) is 0 Å². The minimum absolute atomic E-state index is 0.641. The van der Waals surface area contributed by atoms with E-state index in [9.17, 15) is 0 Å². The fourth-order valence-corrected chi connectivity index (χ4v) is 11.3. The Bertz CT molecular complexity index is 3760. The number of hydrogen-bond donors (Lipinski definition) is 0. The molecule has 0 fully saturated rings. The van der Waals surface area contributed by atoms with Crippen LogP contribution in [0.1, 0.15) is 0 Å². The van der Waals surface area contributed by atoms with Crippen molar-refractivity contribution in [3.05, 3.63) is 170 Å². The first-order valence-electron chi connectivity index (χ1n) is 19.1. The molecule has 0 saturated heterocycles. The summed E-state index contributed by atoms with van der Waals surface area (Å²) in [4.78, 5) is 16.1. The quantitative estimate of drug-likeness (QED) is 0.179. The predicted molar refractivity (Wildman–Crippen MR) is 242 cm³/mol. The molecule has 0 spiro atoms. The third kappa shape index (κ3) is 4.51. The summed E-state index contributed by atoms with van der Waals surface area (Å²) in [5.41, 5.74) is 8.72. The van der Waals surface area contributed by atoms with Gasteiger partial charge in [0, 0.05) is 73.2 Å². The van der Waals surface area contributed by atoms with Crippen LogP contribution in [0.4, 0.5) is 0 Å². The molecule has 6 heteroatoms. The summed E-state index contributed by atoms with van der Waals surface area (Å²) in [5, 5.41) is 9.91. The first-order chi connectivity index (χ1) is 28.2. The summed E-state index contributed by atoms with van der Waals surface area (Å²) in [7, 11) is 0. The van der Waals surface area contributed by atoms with E-state index in [2.05, 4.69) is 174 Å². The molecule has 0 saturated carbocycles. The molecule has 0 unspecified atom stereocenters. The van der Waals surface area contributed by atoms with E-state index in [0.29, 0.717) is 17.5 Å². The van der Waals surface area contributed by atoms with Crippen LogP contribution in [0, 0.1) is 0 Å². The highest BCUT2D eigenvalue weighted by atomic mass is 32.1. The molecule has 13 aromatic rings. The summed E-state index contributed by atoms with van der Waals surface area (Å²) >= 11 is 3.69. The van der Waals surface area contributed by atoms with Gasteiger partial charge in [0.05, 0.1) is 16.6 Å². The van der Waals surface area contributed by atoms with Gasteiger partial charge in [0.2, 0.25) is 0 Å². The third-order valence-electron chi connectivity index (χ3n) is 11.6. The van der Waals surface area contributed by atoms with Crippen LogP contribution in [0.2, 0.25) is 0 Å². The molecular weight excluding hydrogens is 733 g/mol. The van der Waals surface area contributed by atoms with Crippen LogP contribution in [0.15, 0.2) is 170 Å². The number of hydrogen-bond acceptors (Lipinski definition) is 5. The van der Waals surface area contributed by atoms with Gasteiger partial charge in [-0.2, -0.15) is 0 Å². The Hall–Kier alpha value is -6.99. The summed E-state index contributed by atoms with van der Waals surface area (Å²) in [6.07, 6.45) is 0. The van der Waals surface area contributed by atoms with E-state index in [1.807, 2.05) is 22.7 Å². The molecule has 0 aliphatic carbocycles. The maximum absolute atomic E-state index is 5.41. The lowest BCUT2D eigenvalue weighted by molar-refractivity contribution is 1.08. The van der Waals surface area contributed by atoms with E-state index >= 15 is 0 Å². The van der Waals surface area contributed by atoms with Gasteiger partial charge >= 0.3 is 0 Å². The second-order valence-electron chi connectivity index (χ2n) is 14.7. The second kappa shape index (κ2) is 11.8. The van der Waals surface area contributed by atoms with Crippen LogP contribution < -0.4 is 0 Å². The number of rotatable bonds is 4. The Morgan fingerprint density at radius 3 is 1.86 bits per heavy atom. The van der Waals surface area contributed by atoms with Gasteiger partial charge in [-0.15, -0.1) is 22.7 Å². The molecule has 5 aromatic heterocycles. The summed E-state index contributed by atoms with van der Waals surface area (Å²) in [6.45, 7) is 0. The van der Waals surface area contributed by atoms with Crippen LogP contribution >= 0.6 is 22.7 Å². The van der Waals surface area contributed by atoms with E-state index in [4.69, 9.17) is 15.0 Å². The second-order valence-corrected chi connectivity index (χ2v) is 16.9. The topological polar surface area (TPSA) is 43.1 Å². The highest BCUT2D eigenvalue weighted by Crippen LogP contribution is 2.48. The van der Waals surface area contributed by atoms with E-state index in [-0.39, 0.29) is 0 Å². The highest BCUT2D eigenvalue weighted by Gasteiger charge is 2.23. The lowest BCUT2D eigenvalue weighted by Gasteiger charge is -2.12. The number of thiophene rings is 2. The zero-order valence-electron chi connectivity index (χ0n) is 30.3. The van der Waals surface area contributed by atoms with E-state index in [0.717, 1.165) is 38.7 Å². The van der Waals surface area contributed by atoms with Crippen molar-refractivity contribution in [2.75, 3.05) is 0 Å². The molecule has 57 heavy (non-hydrogen) atoms. The first-order valence-corrected chi connectivity index (χ1v) is 20.7. The number of aromatic nitrogens is 4. The van der Waals surface area contributed by atoms with Crippen molar-refractivity contribution in [3.63, 3.8) is 0 Å². The molecule has 0 radical (unpaired) electrons. The fraction of sp³-hybridized carbons (Fsp3) is 0. The van der Waals surface area contributed by atoms with Crippen molar-refractivity contribution in [2.45, 2.75) is 0 Å². The van der Waals surface area contributed by atoms with Gasteiger partial charge in [-0.25, -0.2) is 15.0 Å². The Balaban J connectivity index is 1.15. The Morgan fingerprint density at radius 2 is 0.947 bits per heavy atom. The average molecular weight is 761 g/mol. The van der Waals surface area contributed by atoms with Crippen molar-refractivity contribution in [3.8, 4) is 45.3 Å². The largest absolute Gasteiger partial charge is 0.308 e. The number of para-hydroxylation sites is 1. The maximum Gasteiger partial charge on any atom is 0.164 e. The molecule has 0 aliphatic heterocycles. The molecule has 8 aromatic carbocycles. The van der Waals surface area contributed by atoms with Gasteiger partial charge in [0.25, 0.3) is 0 Å². The van der Waals surface area contributed by atoms with Crippen molar-refractivity contribution >= 4 is 101 Å². The van der Waals surface area contributed by atoms with Crippen LogP contribution in [0.25, 0.3) is 124 Å². The van der Waals surface area contributed by atoms with Crippen molar-refractivity contribution in [2.24, 2.45) is 0 Å². The molecule has 13 rings (SSSR count). The molecule has 0 N–H and O–H groups in total. The van der Waals surface area contributed by atoms with E-state index < -0.39 is 0 Å². The van der Waals surface area contributed by atoms with Crippen molar-refractivity contribution in [1.82, 2.24) is 19.4 Å². The molecule has 0 aliphatic rings. The molecular formula is C51H28N4S2. The summed E-state index contributed by atoms with van der Waals surface area (Å²) in [6, 6.07) is 61.1.